The van der Waals surface area contributed by atoms with Crippen molar-refractivity contribution in [3.63, 3.8) is 0 Å². The molecule has 0 bridgehead atoms. The van der Waals surface area contributed by atoms with E-state index >= 15 is 0 Å². The maximum atomic E-state index is 12.7. The summed E-state index contributed by atoms with van der Waals surface area (Å²) in [5.41, 5.74) is 1.35. The molecule has 3 aromatic rings. The van der Waals surface area contributed by atoms with Crippen LogP contribution in [0.3, 0.4) is 0 Å². The Morgan fingerprint density at radius 1 is 1.19 bits per heavy atom. The number of fused-ring (bicyclic) bond motifs is 2. The van der Waals surface area contributed by atoms with E-state index in [-0.39, 0.29) is 30.7 Å². The van der Waals surface area contributed by atoms with Gasteiger partial charge in [-0.25, -0.2) is 4.79 Å². The Labute approximate surface area is 149 Å². The molecule has 1 aliphatic heterocycles. The van der Waals surface area contributed by atoms with Crippen molar-refractivity contribution < 1.29 is 19.4 Å². The van der Waals surface area contributed by atoms with Crippen molar-refractivity contribution in [1.82, 2.24) is 4.98 Å². The van der Waals surface area contributed by atoms with E-state index in [1.165, 1.54) is 0 Å². The van der Waals surface area contributed by atoms with Crippen molar-refractivity contribution in [2.75, 3.05) is 19.8 Å². The molecule has 0 aliphatic carbocycles. The lowest BCUT2D eigenvalue weighted by molar-refractivity contribution is 0.0155. The first kappa shape index (κ1) is 16.8. The smallest absolute Gasteiger partial charge is 0.340 e. The Hall–Kier alpha value is -2.70. The van der Waals surface area contributed by atoms with Gasteiger partial charge in [0.2, 0.25) is 0 Å². The van der Waals surface area contributed by atoms with Crippen LogP contribution in [0.2, 0.25) is 0 Å². The summed E-state index contributed by atoms with van der Waals surface area (Å²) in [5, 5.41) is 10.2. The average molecular weight is 353 g/mol. The van der Waals surface area contributed by atoms with Gasteiger partial charge in [0, 0.05) is 28.8 Å². The quantitative estimate of drug-likeness (QED) is 0.555. The van der Waals surface area contributed by atoms with Crippen molar-refractivity contribution in [1.29, 1.82) is 0 Å². The molecule has 6 heteroatoms. The first-order valence-electron chi connectivity index (χ1n) is 8.60. The molecule has 2 N–H and O–H groups in total. The lowest BCUT2D eigenvalue weighted by atomic mass is 10.1. The monoisotopic (exact) mass is 353 g/mol. The van der Waals surface area contributed by atoms with E-state index in [1.807, 2.05) is 12.1 Å². The highest BCUT2D eigenvalue weighted by Gasteiger charge is 2.26. The second-order valence-electron chi connectivity index (χ2n) is 6.57. The largest absolute Gasteiger partial charge is 0.459 e. The number of para-hydroxylation sites is 2. The second kappa shape index (κ2) is 6.90. The molecular formula is C20H19NO5. The Morgan fingerprint density at radius 3 is 2.81 bits per heavy atom. The van der Waals surface area contributed by atoms with Crippen molar-refractivity contribution in [3.05, 3.63) is 58.3 Å². The van der Waals surface area contributed by atoms with Crippen molar-refractivity contribution in [3.8, 4) is 0 Å². The minimum absolute atomic E-state index is 0.0715. The first-order valence-corrected chi connectivity index (χ1v) is 8.60. The number of pyridine rings is 1. The van der Waals surface area contributed by atoms with Gasteiger partial charge in [0.25, 0.3) is 0 Å². The lowest BCUT2D eigenvalue weighted by Crippen LogP contribution is -2.19. The topological polar surface area (TPSA) is 88.6 Å². The number of hydrogen-bond donors (Lipinski definition) is 2. The van der Waals surface area contributed by atoms with Gasteiger partial charge >= 0.3 is 5.97 Å². The average Bonchev–Trinajstić information content (AvgIpc) is 3.14. The third-order valence-corrected chi connectivity index (χ3v) is 4.78. The molecule has 1 saturated heterocycles. The molecule has 6 nitrogen and oxygen atoms in total. The van der Waals surface area contributed by atoms with Crippen LogP contribution in [0.15, 0.2) is 47.3 Å². The van der Waals surface area contributed by atoms with Crippen molar-refractivity contribution in [2.45, 2.75) is 12.5 Å². The van der Waals surface area contributed by atoms with Gasteiger partial charge in [-0.2, -0.15) is 0 Å². The van der Waals surface area contributed by atoms with E-state index in [2.05, 4.69) is 4.98 Å². The molecule has 4 rings (SSSR count). The Morgan fingerprint density at radius 2 is 2.00 bits per heavy atom. The zero-order valence-electron chi connectivity index (χ0n) is 14.1. The lowest BCUT2D eigenvalue weighted by Gasteiger charge is -2.12. The number of benzene rings is 2. The summed E-state index contributed by atoms with van der Waals surface area (Å²) in [5.74, 6) is -0.406. The maximum Gasteiger partial charge on any atom is 0.340 e. The van der Waals surface area contributed by atoms with Crippen molar-refractivity contribution in [2.24, 2.45) is 5.92 Å². The molecule has 0 spiro atoms. The molecule has 2 aromatic carbocycles. The van der Waals surface area contributed by atoms with E-state index in [1.54, 1.807) is 30.3 Å². The number of rotatable bonds is 4. The van der Waals surface area contributed by atoms with Crippen LogP contribution >= 0.6 is 0 Å². The molecule has 2 heterocycles. The van der Waals surface area contributed by atoms with E-state index < -0.39 is 5.97 Å². The molecule has 1 fully saturated rings. The van der Waals surface area contributed by atoms with Gasteiger partial charge in [-0.15, -0.1) is 0 Å². The van der Waals surface area contributed by atoms with Crippen molar-refractivity contribution >= 4 is 27.8 Å². The summed E-state index contributed by atoms with van der Waals surface area (Å²) >= 11 is 0. The van der Waals surface area contributed by atoms with Gasteiger partial charge in [0.05, 0.1) is 23.8 Å². The van der Waals surface area contributed by atoms with Crippen LogP contribution in [0, 0.1) is 5.92 Å². The summed E-state index contributed by atoms with van der Waals surface area (Å²) in [6.07, 6.45) is 0.465. The molecule has 0 saturated carbocycles. The van der Waals surface area contributed by atoms with Gasteiger partial charge in [-0.05, 0) is 30.7 Å². The number of nitrogens with one attached hydrogen (secondary N) is 1. The molecule has 0 amide bonds. The number of aromatic amines is 1. The first-order chi connectivity index (χ1) is 12.7. The molecule has 2 atom stereocenters. The van der Waals surface area contributed by atoms with Crippen LogP contribution in [0.5, 0.6) is 0 Å². The fraction of sp³-hybridized carbons (Fsp3) is 0.300. The summed E-state index contributed by atoms with van der Waals surface area (Å²) in [6.45, 7) is 0.678. The summed E-state index contributed by atoms with van der Waals surface area (Å²) in [6, 6.07) is 12.2. The van der Waals surface area contributed by atoms with Crippen LogP contribution < -0.4 is 5.43 Å². The number of carbonyl (C=O) groups excluding carboxylic acids is 1. The van der Waals surface area contributed by atoms with Crippen LogP contribution in [-0.4, -0.2) is 42.0 Å². The van der Waals surface area contributed by atoms with Crippen LogP contribution in [-0.2, 0) is 9.47 Å². The van der Waals surface area contributed by atoms with Gasteiger partial charge in [-0.3, -0.25) is 4.79 Å². The molecule has 2 unspecified atom stereocenters. The molecule has 1 aliphatic rings. The van der Waals surface area contributed by atoms with Gasteiger partial charge in [0.1, 0.15) is 6.61 Å². The summed E-state index contributed by atoms with van der Waals surface area (Å²) in [7, 11) is 0. The highest BCUT2D eigenvalue weighted by Crippen LogP contribution is 2.21. The zero-order chi connectivity index (χ0) is 18.1. The maximum absolute atomic E-state index is 12.7. The standard InChI is InChI=1S/C20H19NO5/c22-9-12-8-13(25-10-12)11-26-20(24)16-6-3-5-15-18(16)21-17-7-2-1-4-14(17)19(15)23/h1-7,12-13,22H,8-11H2,(H,21,23). The van der Waals surface area contributed by atoms with Gasteiger partial charge in [0.15, 0.2) is 5.43 Å². The molecule has 0 radical (unpaired) electrons. The Kier molecular flexibility index (Phi) is 4.44. The number of esters is 1. The zero-order valence-corrected chi connectivity index (χ0v) is 14.1. The van der Waals surface area contributed by atoms with Gasteiger partial charge < -0.3 is 19.6 Å². The highest BCUT2D eigenvalue weighted by atomic mass is 16.6. The number of H-pyrrole nitrogens is 1. The number of hydrogen-bond acceptors (Lipinski definition) is 5. The predicted molar refractivity (Wildman–Crippen MR) is 97.3 cm³/mol. The van der Waals surface area contributed by atoms with E-state index in [0.717, 1.165) is 0 Å². The van der Waals surface area contributed by atoms with Crippen LogP contribution in [0.1, 0.15) is 16.8 Å². The molecule has 1 aromatic heterocycles. The molecule has 134 valence electrons. The third kappa shape index (κ3) is 2.98. The fourth-order valence-corrected chi connectivity index (χ4v) is 3.39. The van der Waals surface area contributed by atoms with Gasteiger partial charge in [-0.1, -0.05) is 18.2 Å². The predicted octanol–water partition coefficient (Wildman–Crippen LogP) is 2.24. The number of aliphatic hydroxyl groups is 1. The number of ether oxygens (including phenoxy) is 2. The van der Waals surface area contributed by atoms with E-state index in [9.17, 15) is 9.59 Å². The third-order valence-electron chi connectivity index (χ3n) is 4.78. The minimum atomic E-state index is -0.502. The van der Waals surface area contributed by atoms with Crippen LogP contribution in [0.25, 0.3) is 21.8 Å². The normalized spacial score (nSPS) is 19.9. The van der Waals surface area contributed by atoms with Crippen LogP contribution in [0.4, 0.5) is 0 Å². The molecule has 26 heavy (non-hydrogen) atoms. The van der Waals surface area contributed by atoms with E-state index in [4.69, 9.17) is 14.6 Å². The summed E-state index contributed by atoms with van der Waals surface area (Å²) < 4.78 is 10.9. The Bertz CT molecular complexity index is 1030. The van der Waals surface area contributed by atoms with E-state index in [0.29, 0.717) is 40.4 Å². The minimum Gasteiger partial charge on any atom is -0.459 e. The Balaban J connectivity index is 1.64. The number of carbonyl (C=O) groups is 1. The number of aromatic nitrogens is 1. The number of aliphatic hydroxyl groups excluding tert-OH is 1. The fourth-order valence-electron chi connectivity index (χ4n) is 3.39. The molecular weight excluding hydrogens is 334 g/mol. The second-order valence-corrected chi connectivity index (χ2v) is 6.57. The highest BCUT2D eigenvalue weighted by molar-refractivity contribution is 6.05. The summed E-state index contributed by atoms with van der Waals surface area (Å²) in [4.78, 5) is 28.4. The SMILES string of the molecule is O=C(OCC1CC(CO)CO1)c1cccc2c(=O)c3ccccc3[nH]c12.